The van der Waals surface area contributed by atoms with Crippen molar-refractivity contribution in [3.05, 3.63) is 78.7 Å². The van der Waals surface area contributed by atoms with Crippen LogP contribution in [0.4, 0.5) is 0 Å². The van der Waals surface area contributed by atoms with Gasteiger partial charge in [-0.15, -0.1) is 0 Å². The van der Waals surface area contributed by atoms with Gasteiger partial charge in [0.2, 0.25) is 0 Å². The molecule has 1 fully saturated rings. The van der Waals surface area contributed by atoms with Crippen LogP contribution in [0.1, 0.15) is 193 Å². The zero-order valence-electron chi connectivity index (χ0n) is 34.4. The summed E-state index contributed by atoms with van der Waals surface area (Å²) in [6, 6.07) is 4.26. The maximum Gasteiger partial charge on any atom is 0.168 e. The van der Waals surface area contributed by atoms with Crippen molar-refractivity contribution in [1.29, 1.82) is 0 Å². The summed E-state index contributed by atoms with van der Waals surface area (Å²) in [7, 11) is 1.90. The molecule has 0 amide bonds. The van der Waals surface area contributed by atoms with Crippen molar-refractivity contribution in [2.75, 3.05) is 20.2 Å². The van der Waals surface area contributed by atoms with Crippen molar-refractivity contribution < 1.29 is 9.47 Å². The zero-order valence-corrected chi connectivity index (χ0v) is 34.4. The van der Waals surface area contributed by atoms with Crippen LogP contribution in [0.2, 0.25) is 0 Å². The van der Waals surface area contributed by atoms with Gasteiger partial charge in [0, 0.05) is 52.0 Å². The molecule has 1 saturated heterocycles. The monoisotopic (exact) mass is 719 g/mol. The van der Waals surface area contributed by atoms with Crippen molar-refractivity contribution in [2.24, 2.45) is 0 Å². The molecule has 1 atom stereocenters. The lowest BCUT2D eigenvalue weighted by Gasteiger charge is -2.35. The fourth-order valence-electron chi connectivity index (χ4n) is 7.35. The third-order valence-electron chi connectivity index (χ3n) is 10.7. The lowest BCUT2D eigenvalue weighted by Crippen LogP contribution is -2.40. The summed E-state index contributed by atoms with van der Waals surface area (Å²) in [5.41, 5.74) is 1.33. The molecule has 0 saturated carbocycles. The minimum atomic E-state index is -0.443. The predicted molar refractivity (Wildman–Crippen MR) is 227 cm³/mol. The second-order valence-electron chi connectivity index (χ2n) is 15.4. The number of pyridine rings is 1. The van der Waals surface area contributed by atoms with E-state index in [-0.39, 0.29) is 6.10 Å². The molecule has 1 aliphatic heterocycles. The molecule has 296 valence electrons. The first-order valence-electron chi connectivity index (χ1n) is 22.2. The molecule has 1 aromatic rings. The van der Waals surface area contributed by atoms with Crippen LogP contribution in [-0.4, -0.2) is 42.0 Å². The van der Waals surface area contributed by atoms with E-state index in [0.29, 0.717) is 0 Å². The number of hydrogen-bond acceptors (Lipinski definition) is 4. The van der Waals surface area contributed by atoms with Crippen molar-refractivity contribution in [1.82, 2.24) is 9.88 Å². The molecule has 4 heteroatoms. The summed E-state index contributed by atoms with van der Waals surface area (Å²) >= 11 is 0. The Balaban J connectivity index is 1.66. The van der Waals surface area contributed by atoms with Crippen LogP contribution >= 0.6 is 0 Å². The minimum absolute atomic E-state index is 0.246. The lowest BCUT2D eigenvalue weighted by molar-refractivity contribution is -0.252. The van der Waals surface area contributed by atoms with Gasteiger partial charge in [0.05, 0.1) is 6.10 Å². The highest BCUT2D eigenvalue weighted by Gasteiger charge is 2.35. The molecule has 1 aliphatic rings. The van der Waals surface area contributed by atoms with Gasteiger partial charge in [-0.2, -0.15) is 0 Å². The van der Waals surface area contributed by atoms with Gasteiger partial charge in [-0.25, -0.2) is 0 Å². The average Bonchev–Trinajstić information content (AvgIpc) is 3.60. The molecule has 2 rings (SSSR count). The molecule has 0 radical (unpaired) electrons. The Bertz CT molecular complexity index is 984. The van der Waals surface area contributed by atoms with Crippen LogP contribution in [0.5, 0.6) is 0 Å². The van der Waals surface area contributed by atoms with Crippen molar-refractivity contribution >= 4 is 0 Å². The van der Waals surface area contributed by atoms with Gasteiger partial charge >= 0.3 is 0 Å². The van der Waals surface area contributed by atoms with E-state index in [4.69, 9.17) is 9.47 Å². The summed E-state index contributed by atoms with van der Waals surface area (Å²) < 4.78 is 13.3. The molecule has 4 nitrogen and oxygen atoms in total. The van der Waals surface area contributed by atoms with Crippen LogP contribution < -0.4 is 0 Å². The third-order valence-corrected chi connectivity index (χ3v) is 10.7. The van der Waals surface area contributed by atoms with Crippen molar-refractivity contribution in [2.45, 2.75) is 206 Å². The summed E-state index contributed by atoms with van der Waals surface area (Å²) in [4.78, 5) is 6.72. The molecule has 0 aromatic carbocycles. The quantitative estimate of drug-likeness (QED) is 0.0398. The van der Waals surface area contributed by atoms with E-state index in [1.54, 1.807) is 0 Å². The summed E-state index contributed by atoms with van der Waals surface area (Å²) in [5.74, 6) is -0.443. The van der Waals surface area contributed by atoms with E-state index in [2.05, 4.69) is 84.5 Å². The first kappa shape index (κ1) is 46.1. The topological polar surface area (TPSA) is 34.6 Å². The summed E-state index contributed by atoms with van der Waals surface area (Å²) in [6.07, 6.45) is 56.6. The molecule has 2 heterocycles. The van der Waals surface area contributed by atoms with E-state index in [9.17, 15) is 0 Å². The van der Waals surface area contributed by atoms with Crippen LogP contribution in [-0.2, 0) is 16.0 Å². The third kappa shape index (κ3) is 25.1. The smallest absolute Gasteiger partial charge is 0.168 e. The Morgan fingerprint density at radius 1 is 0.615 bits per heavy atom. The van der Waals surface area contributed by atoms with E-state index >= 15 is 0 Å². The summed E-state index contributed by atoms with van der Waals surface area (Å²) in [5, 5.41) is 0. The van der Waals surface area contributed by atoms with Gasteiger partial charge in [0.15, 0.2) is 5.79 Å². The van der Waals surface area contributed by atoms with Gasteiger partial charge in [0.1, 0.15) is 0 Å². The Morgan fingerprint density at radius 2 is 1.06 bits per heavy atom. The van der Waals surface area contributed by atoms with E-state index in [0.717, 1.165) is 51.7 Å². The Morgan fingerprint density at radius 3 is 1.52 bits per heavy atom. The Labute approximate surface area is 323 Å². The fourth-order valence-corrected chi connectivity index (χ4v) is 7.35. The zero-order chi connectivity index (χ0) is 37.1. The molecular formula is C48H82N2O2. The van der Waals surface area contributed by atoms with Crippen molar-refractivity contribution in [3.8, 4) is 0 Å². The lowest BCUT2D eigenvalue weighted by atomic mass is 9.98. The fraction of sp³-hybridized carbons (Fsp3) is 0.729. The average molecular weight is 719 g/mol. The van der Waals surface area contributed by atoms with E-state index < -0.39 is 5.79 Å². The van der Waals surface area contributed by atoms with E-state index in [1.807, 2.05) is 19.5 Å². The second kappa shape index (κ2) is 33.6. The first-order chi connectivity index (χ1) is 25.7. The number of nitrogens with zero attached hydrogens (tertiary/aromatic N) is 2. The molecule has 0 N–H and O–H groups in total. The maximum absolute atomic E-state index is 6.96. The molecular weight excluding hydrogens is 637 g/mol. The molecule has 0 aliphatic carbocycles. The van der Waals surface area contributed by atoms with Gasteiger partial charge in [0.25, 0.3) is 0 Å². The predicted octanol–water partition coefficient (Wildman–Crippen LogP) is 14.4. The Kier molecular flexibility index (Phi) is 29.8. The molecule has 1 unspecified atom stereocenters. The molecule has 1 aromatic heterocycles. The van der Waals surface area contributed by atoms with Crippen molar-refractivity contribution in [3.63, 3.8) is 0 Å². The number of likely N-dealkylation sites (tertiary alicyclic amines) is 1. The highest BCUT2D eigenvalue weighted by Crippen LogP contribution is 2.32. The number of hydrogen-bond donors (Lipinski definition) is 0. The highest BCUT2D eigenvalue weighted by atomic mass is 16.7. The number of rotatable bonds is 35. The number of aromatic nitrogens is 1. The van der Waals surface area contributed by atoms with Gasteiger partial charge in [-0.1, -0.05) is 140 Å². The van der Waals surface area contributed by atoms with Gasteiger partial charge in [-0.3, -0.25) is 9.88 Å². The summed E-state index contributed by atoms with van der Waals surface area (Å²) in [6.45, 7) is 7.58. The van der Waals surface area contributed by atoms with Gasteiger partial charge in [-0.05, 0) is 101 Å². The normalized spacial score (nSPS) is 15.9. The van der Waals surface area contributed by atoms with Crippen LogP contribution in [0, 0.1) is 0 Å². The first-order valence-corrected chi connectivity index (χ1v) is 22.2. The highest BCUT2D eigenvalue weighted by molar-refractivity contribution is 5.09. The van der Waals surface area contributed by atoms with E-state index in [1.165, 1.54) is 147 Å². The molecule has 0 bridgehead atoms. The second-order valence-corrected chi connectivity index (χ2v) is 15.4. The van der Waals surface area contributed by atoms with Crippen LogP contribution in [0.3, 0.4) is 0 Å². The largest absolute Gasteiger partial charge is 0.353 e. The number of methoxy groups -OCH3 is 1. The van der Waals surface area contributed by atoms with Gasteiger partial charge < -0.3 is 9.47 Å². The minimum Gasteiger partial charge on any atom is -0.353 e. The van der Waals surface area contributed by atoms with Crippen LogP contribution in [0.15, 0.2) is 73.1 Å². The number of ether oxygens (including phenoxy) is 2. The SMILES string of the molecule is CCCCC/C=C\C/C=C\CCCCCCCCC(CCCCCCCC/C=C\C/C=C\CCCCC)(OC)OC1CCN(Cc2ccncc2)C1. The Hall–Kier alpha value is -2.01. The van der Waals surface area contributed by atoms with Crippen LogP contribution in [0.25, 0.3) is 0 Å². The maximum atomic E-state index is 6.96. The number of allylic oxidation sites excluding steroid dienone is 8. The molecule has 0 spiro atoms. The molecule has 52 heavy (non-hydrogen) atoms. The number of unbranched alkanes of at least 4 members (excludes halogenated alkanes) is 18. The standard InChI is InChI=1S/C48H82N2O2/c1-4-6-8-10-12-14-16-18-20-22-24-26-28-30-32-34-39-48(51-3,52-47-38-43-50(45-47)44-46-36-41-49-42-37-46)40-35-33-31-29-27-25-23-21-19-17-15-13-11-9-7-5-2/h12-15,18-21,36-37,41-42,47H,4-11,16-17,22-35,38-40,43-45H2,1-3H3/b14-12-,15-13-,20-18-,21-19-.